The molecule has 55 heavy (non-hydrogen) atoms. The molecule has 1 amide bonds. The van der Waals surface area contributed by atoms with E-state index in [4.69, 9.17) is 9.05 Å². The van der Waals surface area contributed by atoms with Crippen molar-refractivity contribution in [2.24, 2.45) is 0 Å². The van der Waals surface area contributed by atoms with Crippen molar-refractivity contribution >= 4 is 13.7 Å². The molecule has 0 saturated carbocycles. The number of carbonyl (C=O) groups excluding carboxylic acids is 1. The molecule has 0 aliphatic rings. The molecule has 0 aliphatic carbocycles. The average Bonchev–Trinajstić information content (AvgIpc) is 3.13. The van der Waals surface area contributed by atoms with E-state index in [-0.39, 0.29) is 19.1 Å². The number of phosphoric ester groups is 1. The van der Waals surface area contributed by atoms with Gasteiger partial charge in [-0.3, -0.25) is 9.36 Å². The van der Waals surface area contributed by atoms with Gasteiger partial charge in [0.2, 0.25) is 5.91 Å². The van der Waals surface area contributed by atoms with Gasteiger partial charge in [0.25, 0.3) is 7.82 Å². The van der Waals surface area contributed by atoms with Crippen LogP contribution >= 0.6 is 7.82 Å². The molecule has 0 aromatic heterocycles. The van der Waals surface area contributed by atoms with Gasteiger partial charge in [0.15, 0.2) is 0 Å². The Morgan fingerprint density at radius 3 is 1.36 bits per heavy atom. The van der Waals surface area contributed by atoms with E-state index in [0.29, 0.717) is 17.4 Å². The minimum absolute atomic E-state index is 0.00114. The zero-order valence-corrected chi connectivity index (χ0v) is 38.0. The van der Waals surface area contributed by atoms with Crippen molar-refractivity contribution in [1.82, 2.24) is 5.32 Å². The van der Waals surface area contributed by atoms with Crippen LogP contribution in [0.3, 0.4) is 0 Å². The van der Waals surface area contributed by atoms with Crippen LogP contribution in [0, 0.1) is 0 Å². The van der Waals surface area contributed by atoms with Gasteiger partial charge in [0.1, 0.15) is 13.2 Å². The fourth-order valence-corrected chi connectivity index (χ4v) is 7.70. The average molecular weight is 801 g/mol. The molecule has 3 atom stereocenters. The van der Waals surface area contributed by atoms with Crippen LogP contribution in [-0.2, 0) is 18.4 Å². The lowest BCUT2D eigenvalue weighted by Crippen LogP contribution is -2.45. The molecule has 9 heteroatoms. The molecule has 0 radical (unpaired) electrons. The number of unbranched alkanes of at least 4 members (excludes halogenated alkanes) is 30. The SMILES string of the molecule is CCCCCCCCCCCCCCCCCCCCCCCCCCCC/C=C/C(O)C(COP(=O)([O-])OCC[N+](C)(C)C)NC(=O)CCCCCCC. The summed E-state index contributed by atoms with van der Waals surface area (Å²) in [5.41, 5.74) is 0. The van der Waals surface area contributed by atoms with Crippen molar-refractivity contribution in [3.63, 3.8) is 0 Å². The third-order valence-electron chi connectivity index (χ3n) is 10.7. The molecular weight excluding hydrogens is 707 g/mol. The van der Waals surface area contributed by atoms with Crippen molar-refractivity contribution in [1.29, 1.82) is 0 Å². The zero-order chi connectivity index (χ0) is 40.7. The molecule has 0 rings (SSSR count). The highest BCUT2D eigenvalue weighted by atomic mass is 31.2. The van der Waals surface area contributed by atoms with E-state index in [0.717, 1.165) is 51.4 Å². The number of carbonyl (C=O) groups is 1. The van der Waals surface area contributed by atoms with E-state index < -0.39 is 20.0 Å². The number of nitrogens with zero attached hydrogens (tertiary/aromatic N) is 1. The fourth-order valence-electron chi connectivity index (χ4n) is 6.98. The Bertz CT molecular complexity index is 911. The first-order chi connectivity index (χ1) is 26.5. The highest BCUT2D eigenvalue weighted by Gasteiger charge is 2.23. The topological polar surface area (TPSA) is 108 Å². The summed E-state index contributed by atoms with van der Waals surface area (Å²) in [7, 11) is 1.27. The Morgan fingerprint density at radius 2 is 0.982 bits per heavy atom. The van der Waals surface area contributed by atoms with E-state index in [1.54, 1.807) is 6.08 Å². The molecule has 0 aromatic carbocycles. The van der Waals surface area contributed by atoms with Gasteiger partial charge in [-0.2, -0.15) is 0 Å². The van der Waals surface area contributed by atoms with Gasteiger partial charge in [-0.15, -0.1) is 0 Å². The monoisotopic (exact) mass is 801 g/mol. The maximum atomic E-state index is 12.6. The van der Waals surface area contributed by atoms with Crippen LogP contribution in [0.25, 0.3) is 0 Å². The van der Waals surface area contributed by atoms with Gasteiger partial charge >= 0.3 is 0 Å². The van der Waals surface area contributed by atoms with Gasteiger partial charge in [-0.25, -0.2) is 0 Å². The van der Waals surface area contributed by atoms with E-state index in [2.05, 4.69) is 19.2 Å². The van der Waals surface area contributed by atoms with E-state index in [9.17, 15) is 19.4 Å². The Morgan fingerprint density at radius 1 is 0.618 bits per heavy atom. The van der Waals surface area contributed by atoms with E-state index in [1.807, 2.05) is 27.2 Å². The molecule has 328 valence electrons. The predicted octanol–water partition coefficient (Wildman–Crippen LogP) is 12.5. The molecular formula is C46H93N2O6P. The summed E-state index contributed by atoms with van der Waals surface area (Å²) >= 11 is 0. The largest absolute Gasteiger partial charge is 0.756 e. The number of allylic oxidation sites excluding steroid dienone is 1. The summed E-state index contributed by atoms with van der Waals surface area (Å²) in [6, 6.07) is -0.877. The number of aliphatic hydroxyl groups is 1. The lowest BCUT2D eigenvalue weighted by Gasteiger charge is -2.29. The van der Waals surface area contributed by atoms with Gasteiger partial charge < -0.3 is 28.8 Å². The Hall–Kier alpha value is -0.760. The quantitative estimate of drug-likeness (QED) is 0.0275. The first kappa shape index (κ1) is 54.2. The highest BCUT2D eigenvalue weighted by molar-refractivity contribution is 7.45. The predicted molar refractivity (Wildman–Crippen MR) is 233 cm³/mol. The maximum Gasteiger partial charge on any atom is 0.268 e. The van der Waals surface area contributed by atoms with Crippen LogP contribution in [0.1, 0.15) is 226 Å². The number of likely N-dealkylation sites (N-methyl/N-ethyl adjacent to an activating group) is 1. The molecule has 0 bridgehead atoms. The van der Waals surface area contributed by atoms with Crippen LogP contribution < -0.4 is 10.2 Å². The number of nitrogens with one attached hydrogen (secondary N) is 1. The summed E-state index contributed by atoms with van der Waals surface area (Å²) in [5.74, 6) is -0.209. The molecule has 0 spiro atoms. The van der Waals surface area contributed by atoms with Gasteiger partial charge in [0, 0.05) is 6.42 Å². The van der Waals surface area contributed by atoms with Crippen molar-refractivity contribution in [2.75, 3.05) is 40.9 Å². The van der Waals surface area contributed by atoms with Gasteiger partial charge in [0.05, 0.1) is 39.9 Å². The van der Waals surface area contributed by atoms with Crippen LogP contribution in [0.2, 0.25) is 0 Å². The first-order valence-electron chi connectivity index (χ1n) is 23.6. The zero-order valence-electron chi connectivity index (χ0n) is 37.1. The second-order valence-corrected chi connectivity index (χ2v) is 18.9. The molecule has 0 aromatic rings. The number of hydrogen-bond acceptors (Lipinski definition) is 6. The summed E-state index contributed by atoms with van der Waals surface area (Å²) in [6.45, 7) is 4.57. The van der Waals surface area contributed by atoms with Crippen molar-refractivity contribution in [3.8, 4) is 0 Å². The Balaban J connectivity index is 3.96. The number of aliphatic hydroxyl groups excluding tert-OH is 1. The number of rotatable bonds is 43. The fraction of sp³-hybridized carbons (Fsp3) is 0.935. The number of quaternary nitrogens is 1. The molecule has 0 heterocycles. The summed E-state index contributed by atoms with van der Waals surface area (Å²) in [5, 5.41) is 13.7. The first-order valence-corrected chi connectivity index (χ1v) is 25.0. The summed E-state index contributed by atoms with van der Waals surface area (Å²) in [6.07, 6.45) is 44.7. The van der Waals surface area contributed by atoms with Crippen LogP contribution in [0.5, 0.6) is 0 Å². The molecule has 2 N–H and O–H groups in total. The van der Waals surface area contributed by atoms with Crippen molar-refractivity contribution < 1.29 is 32.9 Å². The number of hydrogen-bond donors (Lipinski definition) is 2. The normalized spacial score (nSPS) is 14.4. The molecule has 0 aliphatic heterocycles. The summed E-state index contributed by atoms with van der Waals surface area (Å²) in [4.78, 5) is 25.0. The Kier molecular flexibility index (Phi) is 38.2. The third-order valence-corrected chi connectivity index (χ3v) is 11.7. The minimum Gasteiger partial charge on any atom is -0.756 e. The molecule has 3 unspecified atom stereocenters. The van der Waals surface area contributed by atoms with E-state index >= 15 is 0 Å². The smallest absolute Gasteiger partial charge is 0.268 e. The highest BCUT2D eigenvalue weighted by Crippen LogP contribution is 2.38. The minimum atomic E-state index is -4.57. The maximum absolute atomic E-state index is 12.6. The molecule has 0 saturated heterocycles. The second-order valence-electron chi connectivity index (χ2n) is 17.5. The lowest BCUT2D eigenvalue weighted by atomic mass is 10.0. The third kappa shape index (κ3) is 41.2. The standard InChI is InChI=1S/C46H93N2O6P/c1-6-8-10-12-13-14-15-16-17-18-19-20-21-22-23-24-25-26-27-28-29-30-31-32-33-34-36-37-39-45(49)44(47-46(50)40-38-35-11-9-7-2)43-54-55(51,52)53-42-41-48(3,4)5/h37,39,44-45,49H,6-36,38,40-43H2,1-5H3,(H-,47,50,51,52)/b39-37+. The summed E-state index contributed by atoms with van der Waals surface area (Å²) < 4.78 is 23.0. The molecule has 8 nitrogen and oxygen atoms in total. The number of phosphoric acid groups is 1. The van der Waals surface area contributed by atoms with Gasteiger partial charge in [-0.05, 0) is 19.3 Å². The van der Waals surface area contributed by atoms with Gasteiger partial charge in [-0.1, -0.05) is 212 Å². The lowest BCUT2D eigenvalue weighted by molar-refractivity contribution is -0.870. The number of amides is 1. The van der Waals surface area contributed by atoms with Crippen LogP contribution in [0.15, 0.2) is 12.2 Å². The second kappa shape index (κ2) is 38.7. The van der Waals surface area contributed by atoms with Crippen molar-refractivity contribution in [2.45, 2.75) is 238 Å². The Labute approximate surface area is 342 Å². The molecule has 0 fully saturated rings. The van der Waals surface area contributed by atoms with Crippen molar-refractivity contribution in [3.05, 3.63) is 12.2 Å². The van der Waals surface area contributed by atoms with E-state index in [1.165, 1.54) is 154 Å². The van der Waals surface area contributed by atoms with Crippen LogP contribution in [0.4, 0.5) is 0 Å². The van der Waals surface area contributed by atoms with Crippen LogP contribution in [-0.4, -0.2) is 68.5 Å².